The quantitative estimate of drug-likeness (QED) is 0.417. The molecule has 5 aliphatic rings. The molecule has 0 saturated carbocycles. The fourth-order valence-corrected chi connectivity index (χ4v) is 7.17. The molecule has 12 heteroatoms. The minimum atomic E-state index is -0.889. The third-order valence-corrected chi connectivity index (χ3v) is 9.10. The Bertz CT molecular complexity index is 1480. The predicted molar refractivity (Wildman–Crippen MR) is 144 cm³/mol. The number of methoxy groups -OCH3 is 2. The summed E-state index contributed by atoms with van der Waals surface area (Å²) >= 11 is 0. The van der Waals surface area contributed by atoms with Gasteiger partial charge >= 0.3 is 0 Å². The summed E-state index contributed by atoms with van der Waals surface area (Å²) < 4.78 is 10.7. The van der Waals surface area contributed by atoms with Gasteiger partial charge in [-0.2, -0.15) is 5.26 Å². The molecule has 0 aromatic heterocycles. The van der Waals surface area contributed by atoms with Gasteiger partial charge < -0.3 is 20.5 Å². The van der Waals surface area contributed by atoms with Crippen molar-refractivity contribution in [2.75, 3.05) is 27.8 Å². The van der Waals surface area contributed by atoms with Gasteiger partial charge in [-0.05, 0) is 40.7 Å². The molecule has 6 atom stereocenters. The number of amides is 1. The molecular formula is C29H33N5O7. The Kier molecular flexibility index (Phi) is 7.09. The van der Waals surface area contributed by atoms with E-state index in [4.69, 9.17) is 15.2 Å². The van der Waals surface area contributed by atoms with Crippen LogP contribution in [0.5, 0.6) is 0 Å². The first-order valence-electron chi connectivity index (χ1n) is 13.5. The van der Waals surface area contributed by atoms with E-state index in [1.807, 2.05) is 9.80 Å². The lowest BCUT2D eigenvalue weighted by Gasteiger charge is -2.60. The van der Waals surface area contributed by atoms with Crippen LogP contribution in [0, 0.1) is 11.3 Å². The summed E-state index contributed by atoms with van der Waals surface area (Å²) in [5.74, 6) is -2.14. The number of allylic oxidation sites excluding steroid dienone is 4. The number of nitrogens with one attached hydrogen (secondary N) is 1. The summed E-state index contributed by atoms with van der Waals surface area (Å²) in [7, 11) is 4.46. The van der Waals surface area contributed by atoms with Crippen LogP contribution in [-0.4, -0.2) is 103 Å². The minimum Gasteiger partial charge on any atom is -0.492 e. The molecule has 2 aliphatic carbocycles. The fourth-order valence-electron chi connectivity index (χ4n) is 7.17. The zero-order chi connectivity index (χ0) is 30.1. The van der Waals surface area contributed by atoms with E-state index < -0.39 is 53.7 Å². The standard InChI is InChI=1S/C29H33N5O7/c1-11-23(35)14-8-17-22-21-15(24(36)12(2)28(41-6)26(21)38)7-16(33(22)4)18(9-30)34(17)19(10-32-29(39)13(3)31)20(14)25(37)27(11)40-5/h13,16-19,22H,7-8,10,31H2,1-6H3,(H,32,39)/t13?,16-,17-,18-,19-,22-/m0/s1. The van der Waals surface area contributed by atoms with Crippen molar-refractivity contribution in [3.63, 3.8) is 0 Å². The minimum absolute atomic E-state index is 0.0292. The lowest BCUT2D eigenvalue weighted by molar-refractivity contribution is -0.126. The monoisotopic (exact) mass is 563 g/mol. The molecule has 0 aromatic rings. The molecule has 5 rings (SSSR count). The van der Waals surface area contributed by atoms with Gasteiger partial charge in [0, 0.05) is 52.1 Å². The number of carbonyl (C=O) groups excluding carboxylic acids is 5. The first kappa shape index (κ1) is 28.6. The highest BCUT2D eigenvalue weighted by molar-refractivity contribution is 6.26. The van der Waals surface area contributed by atoms with Crippen LogP contribution in [0.3, 0.4) is 0 Å². The van der Waals surface area contributed by atoms with Gasteiger partial charge in [0.05, 0.1) is 38.4 Å². The number of fused-ring (bicyclic) bond motifs is 5. The average molecular weight is 564 g/mol. The molecule has 3 aliphatic heterocycles. The second-order valence-electron chi connectivity index (χ2n) is 11.1. The highest BCUT2D eigenvalue weighted by Gasteiger charge is 2.59. The molecule has 0 radical (unpaired) electrons. The Labute approximate surface area is 237 Å². The number of nitrogens with zero attached hydrogens (tertiary/aromatic N) is 3. The van der Waals surface area contributed by atoms with Crippen molar-refractivity contribution in [3.05, 3.63) is 45.0 Å². The molecule has 2 bridgehead atoms. The summed E-state index contributed by atoms with van der Waals surface area (Å²) in [6.45, 7) is 4.49. The number of hydrogen-bond acceptors (Lipinski definition) is 11. The van der Waals surface area contributed by atoms with E-state index >= 15 is 0 Å². The van der Waals surface area contributed by atoms with Crippen LogP contribution < -0.4 is 11.1 Å². The first-order chi connectivity index (χ1) is 19.4. The van der Waals surface area contributed by atoms with Crippen LogP contribution in [0.2, 0.25) is 0 Å². The molecule has 12 nitrogen and oxygen atoms in total. The van der Waals surface area contributed by atoms with Gasteiger partial charge in [-0.1, -0.05) is 0 Å². The van der Waals surface area contributed by atoms with Gasteiger partial charge in [-0.15, -0.1) is 0 Å². The molecule has 1 fully saturated rings. The number of nitriles is 1. The van der Waals surface area contributed by atoms with E-state index in [1.165, 1.54) is 28.1 Å². The zero-order valence-electron chi connectivity index (χ0n) is 23.9. The maximum absolute atomic E-state index is 13.8. The van der Waals surface area contributed by atoms with E-state index in [-0.39, 0.29) is 70.3 Å². The second kappa shape index (κ2) is 10.2. The molecule has 41 heavy (non-hydrogen) atoms. The number of Topliss-reactive ketones (excluding diaryl/α,β-unsaturated/α-hetero) is 4. The van der Waals surface area contributed by atoms with Gasteiger partial charge in [-0.25, -0.2) is 0 Å². The molecular weight excluding hydrogens is 530 g/mol. The second-order valence-corrected chi connectivity index (χ2v) is 11.1. The summed E-state index contributed by atoms with van der Waals surface area (Å²) in [6.07, 6.45) is 0.192. The molecule has 3 N–H and O–H groups in total. The highest BCUT2D eigenvalue weighted by atomic mass is 16.5. The zero-order valence-corrected chi connectivity index (χ0v) is 23.9. The summed E-state index contributed by atoms with van der Waals surface area (Å²) in [6, 6.07) is -2.02. The van der Waals surface area contributed by atoms with Gasteiger partial charge in [-0.3, -0.25) is 33.8 Å². The number of ether oxygens (including phenoxy) is 2. The van der Waals surface area contributed by atoms with Crippen LogP contribution in [0.25, 0.3) is 0 Å². The van der Waals surface area contributed by atoms with Crippen molar-refractivity contribution in [2.45, 2.75) is 69.9 Å². The smallest absolute Gasteiger partial charge is 0.236 e. The van der Waals surface area contributed by atoms with Crippen molar-refractivity contribution >= 4 is 29.0 Å². The number of hydrogen-bond donors (Lipinski definition) is 2. The Morgan fingerprint density at radius 3 is 2.00 bits per heavy atom. The largest absolute Gasteiger partial charge is 0.492 e. The van der Waals surface area contributed by atoms with Crippen molar-refractivity contribution in [1.29, 1.82) is 5.26 Å². The molecule has 216 valence electrons. The van der Waals surface area contributed by atoms with E-state index in [0.29, 0.717) is 5.57 Å². The van der Waals surface area contributed by atoms with Crippen molar-refractivity contribution in [3.8, 4) is 6.07 Å². The lowest BCUT2D eigenvalue weighted by atomic mass is 9.67. The number of ketones is 4. The van der Waals surface area contributed by atoms with Crippen LogP contribution in [0.4, 0.5) is 0 Å². The van der Waals surface area contributed by atoms with Gasteiger partial charge in [0.15, 0.2) is 23.1 Å². The summed E-state index contributed by atoms with van der Waals surface area (Å²) in [4.78, 5) is 71.0. The van der Waals surface area contributed by atoms with Gasteiger partial charge in [0.1, 0.15) is 6.04 Å². The van der Waals surface area contributed by atoms with E-state index in [9.17, 15) is 29.2 Å². The van der Waals surface area contributed by atoms with E-state index in [2.05, 4.69) is 11.4 Å². The summed E-state index contributed by atoms with van der Waals surface area (Å²) in [5.41, 5.74) is 7.20. The topological polar surface area (TPSA) is 172 Å². The fraction of sp³-hybridized carbons (Fsp3) is 0.517. The van der Waals surface area contributed by atoms with E-state index in [0.717, 1.165) is 0 Å². The van der Waals surface area contributed by atoms with Gasteiger partial charge in [0.25, 0.3) is 0 Å². The molecule has 0 spiro atoms. The van der Waals surface area contributed by atoms with Crippen LogP contribution >= 0.6 is 0 Å². The van der Waals surface area contributed by atoms with Crippen molar-refractivity contribution in [1.82, 2.24) is 15.1 Å². The number of carbonyl (C=O) groups is 5. The highest BCUT2D eigenvalue weighted by Crippen LogP contribution is 2.48. The Balaban J connectivity index is 1.71. The van der Waals surface area contributed by atoms with Crippen LogP contribution in [0.1, 0.15) is 33.6 Å². The average Bonchev–Trinajstić information content (AvgIpc) is 2.93. The number of likely N-dealkylation sites (N-methyl/N-ethyl adjacent to an activating group) is 1. The maximum atomic E-state index is 13.8. The number of nitrogens with two attached hydrogens (primary N) is 1. The normalized spacial score (nSPS) is 31.0. The maximum Gasteiger partial charge on any atom is 0.236 e. The van der Waals surface area contributed by atoms with Crippen molar-refractivity contribution < 1.29 is 33.4 Å². The molecule has 1 amide bonds. The van der Waals surface area contributed by atoms with Crippen LogP contribution in [-0.2, 0) is 33.4 Å². The molecule has 0 aromatic carbocycles. The first-order valence-corrected chi connectivity index (χ1v) is 13.5. The SMILES string of the molecule is COC1=C(C)C(=O)C2=C(C1=O)[C@@H]1[C@@H]3CC4=C(C(=O)C(OC)=C(C)C4=O)[C@H](CNC(=O)C(C)N)N3[C@@H](C#N)[C@H](C2)N1C. The predicted octanol–water partition coefficient (Wildman–Crippen LogP) is -0.391. The molecule has 3 heterocycles. The molecule has 1 unspecified atom stereocenters. The Morgan fingerprint density at radius 2 is 1.49 bits per heavy atom. The lowest BCUT2D eigenvalue weighted by Crippen LogP contribution is -2.74. The van der Waals surface area contributed by atoms with Crippen LogP contribution in [0.15, 0.2) is 45.0 Å². The Morgan fingerprint density at radius 1 is 0.976 bits per heavy atom. The third-order valence-electron chi connectivity index (χ3n) is 9.10. The van der Waals surface area contributed by atoms with Crippen molar-refractivity contribution in [2.24, 2.45) is 5.73 Å². The third kappa shape index (κ3) is 3.94. The Hall–Kier alpha value is -3.92. The number of piperazine rings is 1. The number of rotatable bonds is 5. The van der Waals surface area contributed by atoms with Gasteiger partial charge in [0.2, 0.25) is 17.5 Å². The molecule has 1 saturated heterocycles. The van der Waals surface area contributed by atoms with E-state index in [1.54, 1.807) is 14.0 Å². The summed E-state index contributed by atoms with van der Waals surface area (Å²) in [5, 5.41) is 13.3.